The van der Waals surface area contributed by atoms with Crippen LogP contribution in [-0.2, 0) is 4.79 Å². The average molecular weight is 231 g/mol. The number of alkyl halides is 1. The summed E-state index contributed by atoms with van der Waals surface area (Å²) in [5, 5.41) is 0. The first-order chi connectivity index (χ1) is 5.46. The molecule has 0 heterocycles. The van der Waals surface area contributed by atoms with Crippen molar-refractivity contribution in [2.24, 2.45) is 11.3 Å². The van der Waals surface area contributed by atoms with Gasteiger partial charge < -0.3 is 0 Å². The molecule has 0 fully saturated rings. The third-order valence-electron chi connectivity index (χ3n) is 2.83. The predicted octanol–water partition coefficient (Wildman–Crippen LogP) is 2.94. The Morgan fingerprint density at radius 1 is 1.58 bits per heavy atom. The van der Waals surface area contributed by atoms with Gasteiger partial charge in [-0.15, -0.1) is 0 Å². The van der Waals surface area contributed by atoms with Crippen LogP contribution in [0.4, 0.5) is 0 Å². The molecule has 0 saturated heterocycles. The molecule has 0 amide bonds. The van der Waals surface area contributed by atoms with Crippen molar-refractivity contribution in [2.75, 3.05) is 0 Å². The van der Waals surface area contributed by atoms with E-state index in [0.29, 0.717) is 11.7 Å². The number of allylic oxidation sites excluding steroid dienone is 2. The van der Waals surface area contributed by atoms with Crippen LogP contribution in [-0.4, -0.2) is 10.6 Å². The summed E-state index contributed by atoms with van der Waals surface area (Å²) in [7, 11) is 0. The fourth-order valence-corrected chi connectivity index (χ4v) is 2.18. The van der Waals surface area contributed by atoms with E-state index in [2.05, 4.69) is 35.0 Å². The standard InChI is InChI=1S/C10H15BrO/c1-7-5-4-6-8(11)9(12)10(7,2)3/h4-5,7-8H,6H2,1-3H3/t7?,8-/m1/s1. The molecule has 2 atom stereocenters. The van der Waals surface area contributed by atoms with Crippen LogP contribution in [0.5, 0.6) is 0 Å². The van der Waals surface area contributed by atoms with E-state index in [9.17, 15) is 4.79 Å². The number of rotatable bonds is 0. The Labute approximate surface area is 82.4 Å². The van der Waals surface area contributed by atoms with Crippen molar-refractivity contribution >= 4 is 21.7 Å². The van der Waals surface area contributed by atoms with Crippen molar-refractivity contribution in [1.82, 2.24) is 0 Å². The average Bonchev–Trinajstić information content (AvgIpc) is 2.07. The van der Waals surface area contributed by atoms with Crippen LogP contribution in [0.1, 0.15) is 27.2 Å². The molecule has 0 aromatic rings. The lowest BCUT2D eigenvalue weighted by Gasteiger charge is -2.28. The number of hydrogen-bond donors (Lipinski definition) is 0. The Morgan fingerprint density at radius 3 is 2.75 bits per heavy atom. The molecular formula is C10H15BrO. The molecule has 12 heavy (non-hydrogen) atoms. The largest absolute Gasteiger partial charge is 0.298 e. The summed E-state index contributed by atoms with van der Waals surface area (Å²) in [4.78, 5) is 11.8. The monoisotopic (exact) mass is 230 g/mol. The third-order valence-corrected chi connectivity index (χ3v) is 3.62. The Hall–Kier alpha value is -0.110. The summed E-state index contributed by atoms with van der Waals surface area (Å²) < 4.78 is 0. The molecule has 0 spiro atoms. The summed E-state index contributed by atoms with van der Waals surface area (Å²) in [6, 6.07) is 0. The quantitative estimate of drug-likeness (QED) is 0.462. The summed E-state index contributed by atoms with van der Waals surface area (Å²) in [5.74, 6) is 0.660. The first-order valence-corrected chi connectivity index (χ1v) is 5.23. The number of hydrogen-bond acceptors (Lipinski definition) is 1. The highest BCUT2D eigenvalue weighted by Gasteiger charge is 2.37. The van der Waals surface area contributed by atoms with E-state index in [0.717, 1.165) is 6.42 Å². The van der Waals surface area contributed by atoms with Gasteiger partial charge in [0, 0.05) is 5.41 Å². The molecule has 0 aromatic heterocycles. The molecule has 0 aromatic carbocycles. The molecule has 1 unspecified atom stereocenters. The summed E-state index contributed by atoms with van der Waals surface area (Å²) >= 11 is 3.41. The molecule has 68 valence electrons. The fourth-order valence-electron chi connectivity index (χ4n) is 1.38. The minimum absolute atomic E-state index is 0.00806. The zero-order chi connectivity index (χ0) is 9.35. The molecule has 0 saturated carbocycles. The third kappa shape index (κ3) is 1.63. The number of ketones is 1. The zero-order valence-electron chi connectivity index (χ0n) is 7.80. The van der Waals surface area contributed by atoms with Crippen LogP contribution >= 0.6 is 15.9 Å². The Morgan fingerprint density at radius 2 is 2.17 bits per heavy atom. The topological polar surface area (TPSA) is 17.1 Å². The highest BCUT2D eigenvalue weighted by molar-refractivity contribution is 9.10. The van der Waals surface area contributed by atoms with Crippen LogP contribution in [0.25, 0.3) is 0 Å². The van der Waals surface area contributed by atoms with Gasteiger partial charge in [-0.2, -0.15) is 0 Å². The van der Waals surface area contributed by atoms with Crippen molar-refractivity contribution < 1.29 is 4.79 Å². The lowest BCUT2D eigenvalue weighted by Crippen LogP contribution is -2.34. The number of Topliss-reactive ketones (excluding diaryl/α,β-unsaturated/α-hetero) is 1. The van der Waals surface area contributed by atoms with E-state index >= 15 is 0 Å². The highest BCUT2D eigenvalue weighted by atomic mass is 79.9. The zero-order valence-corrected chi connectivity index (χ0v) is 9.39. The van der Waals surface area contributed by atoms with Crippen LogP contribution in [0.3, 0.4) is 0 Å². The fraction of sp³-hybridized carbons (Fsp3) is 0.700. The van der Waals surface area contributed by atoms with Gasteiger partial charge in [-0.1, -0.05) is 48.9 Å². The SMILES string of the molecule is CC1C=CC[C@@H](Br)C(=O)C1(C)C. The van der Waals surface area contributed by atoms with Crippen molar-refractivity contribution in [3.63, 3.8) is 0 Å². The van der Waals surface area contributed by atoms with Crippen LogP contribution in [0.15, 0.2) is 12.2 Å². The molecule has 0 aliphatic heterocycles. The van der Waals surface area contributed by atoms with E-state index in [1.54, 1.807) is 0 Å². The molecule has 0 bridgehead atoms. The lowest BCUT2D eigenvalue weighted by atomic mass is 9.76. The minimum atomic E-state index is -0.221. The van der Waals surface area contributed by atoms with Gasteiger partial charge in [0.05, 0.1) is 4.83 Å². The second-order valence-electron chi connectivity index (χ2n) is 4.01. The maximum atomic E-state index is 11.8. The van der Waals surface area contributed by atoms with Gasteiger partial charge >= 0.3 is 0 Å². The number of carbonyl (C=O) groups is 1. The van der Waals surface area contributed by atoms with Gasteiger partial charge in [-0.25, -0.2) is 0 Å². The summed E-state index contributed by atoms with van der Waals surface area (Å²) in [6.07, 6.45) is 5.06. The van der Waals surface area contributed by atoms with Gasteiger partial charge in [-0.3, -0.25) is 4.79 Å². The highest BCUT2D eigenvalue weighted by Crippen LogP contribution is 2.35. The van der Waals surface area contributed by atoms with E-state index in [1.807, 2.05) is 13.8 Å². The van der Waals surface area contributed by atoms with E-state index < -0.39 is 0 Å². The molecule has 1 aliphatic carbocycles. The molecule has 2 heteroatoms. The second kappa shape index (κ2) is 3.33. The molecule has 0 radical (unpaired) electrons. The summed E-state index contributed by atoms with van der Waals surface area (Å²) in [5.41, 5.74) is -0.221. The Kier molecular flexibility index (Phi) is 2.77. The van der Waals surface area contributed by atoms with Crippen LogP contribution in [0.2, 0.25) is 0 Å². The smallest absolute Gasteiger partial charge is 0.152 e. The van der Waals surface area contributed by atoms with Crippen LogP contribution < -0.4 is 0 Å². The van der Waals surface area contributed by atoms with E-state index in [1.165, 1.54) is 0 Å². The molecule has 1 rings (SSSR count). The number of halogens is 1. The minimum Gasteiger partial charge on any atom is -0.298 e. The lowest BCUT2D eigenvalue weighted by molar-refractivity contribution is -0.127. The van der Waals surface area contributed by atoms with E-state index in [4.69, 9.17) is 0 Å². The molecule has 0 N–H and O–H groups in total. The Bertz CT molecular complexity index is 218. The predicted molar refractivity (Wildman–Crippen MR) is 54.4 cm³/mol. The number of carbonyl (C=O) groups excluding carboxylic acids is 1. The van der Waals surface area contributed by atoms with Crippen molar-refractivity contribution in [3.8, 4) is 0 Å². The van der Waals surface area contributed by atoms with Gasteiger partial charge in [0.15, 0.2) is 5.78 Å². The van der Waals surface area contributed by atoms with Crippen molar-refractivity contribution in [3.05, 3.63) is 12.2 Å². The first-order valence-electron chi connectivity index (χ1n) is 4.31. The van der Waals surface area contributed by atoms with Crippen molar-refractivity contribution in [2.45, 2.75) is 32.0 Å². The van der Waals surface area contributed by atoms with E-state index in [-0.39, 0.29) is 10.2 Å². The summed E-state index contributed by atoms with van der Waals surface area (Å²) in [6.45, 7) is 6.13. The molecular weight excluding hydrogens is 216 g/mol. The normalized spacial score (nSPS) is 34.8. The van der Waals surface area contributed by atoms with Gasteiger partial charge in [0.2, 0.25) is 0 Å². The maximum absolute atomic E-state index is 11.8. The molecule has 1 aliphatic rings. The van der Waals surface area contributed by atoms with Crippen molar-refractivity contribution in [1.29, 1.82) is 0 Å². The van der Waals surface area contributed by atoms with Crippen LogP contribution in [0, 0.1) is 11.3 Å². The Balaban J connectivity index is 2.95. The van der Waals surface area contributed by atoms with Gasteiger partial charge in [0.25, 0.3) is 0 Å². The second-order valence-corrected chi connectivity index (χ2v) is 5.11. The first kappa shape index (κ1) is 9.97. The maximum Gasteiger partial charge on any atom is 0.152 e. The molecule has 1 nitrogen and oxygen atoms in total. The van der Waals surface area contributed by atoms with Gasteiger partial charge in [0.1, 0.15) is 0 Å². The van der Waals surface area contributed by atoms with Gasteiger partial charge in [-0.05, 0) is 12.3 Å².